The quantitative estimate of drug-likeness (QED) is 0.607. The van der Waals surface area contributed by atoms with Crippen LogP contribution in [0.2, 0.25) is 0 Å². The van der Waals surface area contributed by atoms with E-state index in [9.17, 15) is 9.59 Å². The summed E-state index contributed by atoms with van der Waals surface area (Å²) in [5.41, 5.74) is 0. The number of rotatable bonds is 6. The third-order valence-electron chi connectivity index (χ3n) is 1.64. The summed E-state index contributed by atoms with van der Waals surface area (Å²) in [6.45, 7) is 5.58. The van der Waals surface area contributed by atoms with Gasteiger partial charge in [0.25, 0.3) is 0 Å². The second-order valence-electron chi connectivity index (χ2n) is 3.30. The number of carbonyl (C=O) groups is 2. The Labute approximate surface area is 83.4 Å². The Bertz CT molecular complexity index is 203. The Balaban J connectivity index is 3.47. The minimum Gasteiger partial charge on any atom is -0.479 e. The van der Waals surface area contributed by atoms with Gasteiger partial charge >= 0.3 is 5.97 Å². The topological polar surface area (TPSA) is 75.6 Å². The maximum atomic E-state index is 11.0. The zero-order valence-corrected chi connectivity index (χ0v) is 8.74. The van der Waals surface area contributed by atoms with E-state index in [1.165, 1.54) is 6.92 Å². The van der Waals surface area contributed by atoms with Crippen LogP contribution in [0, 0.1) is 5.92 Å². The van der Waals surface area contributed by atoms with E-state index < -0.39 is 12.1 Å². The zero-order chi connectivity index (χ0) is 11.1. The Hall–Kier alpha value is -1.10. The molecular weight excluding hydrogens is 186 g/mol. The summed E-state index contributed by atoms with van der Waals surface area (Å²) in [4.78, 5) is 21.4. The van der Waals surface area contributed by atoms with Gasteiger partial charge in [0.05, 0.1) is 6.61 Å². The van der Waals surface area contributed by atoms with Crippen LogP contribution in [0.4, 0.5) is 0 Å². The van der Waals surface area contributed by atoms with Crippen LogP contribution in [-0.2, 0) is 14.3 Å². The number of carboxylic acid groups (broad SMARTS) is 1. The van der Waals surface area contributed by atoms with Gasteiger partial charge < -0.3 is 15.2 Å². The van der Waals surface area contributed by atoms with Crippen molar-refractivity contribution in [3.63, 3.8) is 0 Å². The third-order valence-corrected chi connectivity index (χ3v) is 1.64. The third kappa shape index (κ3) is 5.53. The lowest BCUT2D eigenvalue weighted by Crippen LogP contribution is -2.32. The second-order valence-corrected chi connectivity index (χ2v) is 3.30. The van der Waals surface area contributed by atoms with Crippen molar-refractivity contribution in [3.05, 3.63) is 0 Å². The minimum absolute atomic E-state index is 0.0587. The van der Waals surface area contributed by atoms with Gasteiger partial charge in [0.15, 0.2) is 6.10 Å². The fourth-order valence-corrected chi connectivity index (χ4v) is 0.685. The number of carbonyl (C=O) groups excluding carboxylic acids is 1. The van der Waals surface area contributed by atoms with Gasteiger partial charge in [-0.2, -0.15) is 0 Å². The lowest BCUT2D eigenvalue weighted by atomic mass is 10.2. The molecular formula is C9H17NO4. The molecule has 0 aromatic heterocycles. The number of hydrogen-bond donors (Lipinski definition) is 2. The molecule has 1 amide bonds. The van der Waals surface area contributed by atoms with Crippen molar-refractivity contribution < 1.29 is 19.4 Å². The first-order chi connectivity index (χ1) is 6.45. The van der Waals surface area contributed by atoms with Gasteiger partial charge in [-0.15, -0.1) is 0 Å². The molecule has 1 unspecified atom stereocenters. The average Bonchev–Trinajstić information content (AvgIpc) is 2.11. The Morgan fingerprint density at radius 2 is 1.93 bits per heavy atom. The van der Waals surface area contributed by atoms with Crippen LogP contribution >= 0.6 is 0 Å². The standard InChI is InChI=1S/C9H17NO4/c1-6(2)8(11)10-4-5-14-7(3)9(12)13/h6-7H,4-5H2,1-3H3,(H,10,11)(H,12,13). The van der Waals surface area contributed by atoms with Crippen LogP contribution in [0.5, 0.6) is 0 Å². The Morgan fingerprint density at radius 1 is 1.36 bits per heavy atom. The molecule has 5 heteroatoms. The summed E-state index contributed by atoms with van der Waals surface area (Å²) in [6, 6.07) is 0. The van der Waals surface area contributed by atoms with Crippen LogP contribution in [0.3, 0.4) is 0 Å². The summed E-state index contributed by atoms with van der Waals surface area (Å²) in [5, 5.41) is 11.1. The molecule has 0 aromatic carbocycles. The first kappa shape index (κ1) is 12.9. The number of carboxylic acids is 1. The molecule has 0 radical (unpaired) electrons. The number of amides is 1. The highest BCUT2D eigenvalue weighted by Crippen LogP contribution is 1.91. The lowest BCUT2D eigenvalue weighted by molar-refractivity contribution is -0.149. The maximum absolute atomic E-state index is 11.0. The average molecular weight is 203 g/mol. The van der Waals surface area contributed by atoms with E-state index in [2.05, 4.69) is 5.32 Å². The lowest BCUT2D eigenvalue weighted by Gasteiger charge is -2.10. The van der Waals surface area contributed by atoms with Crippen LogP contribution in [-0.4, -0.2) is 36.2 Å². The molecule has 1 atom stereocenters. The largest absolute Gasteiger partial charge is 0.479 e. The van der Waals surface area contributed by atoms with E-state index in [-0.39, 0.29) is 18.4 Å². The molecule has 0 aliphatic carbocycles. The SMILES string of the molecule is CC(C)C(=O)NCCOC(C)C(=O)O. The van der Waals surface area contributed by atoms with Crippen molar-refractivity contribution in [2.75, 3.05) is 13.2 Å². The molecule has 2 N–H and O–H groups in total. The summed E-state index contributed by atoms with van der Waals surface area (Å²) in [7, 11) is 0. The summed E-state index contributed by atoms with van der Waals surface area (Å²) < 4.78 is 4.92. The first-order valence-electron chi connectivity index (χ1n) is 4.57. The molecule has 0 heterocycles. The molecule has 5 nitrogen and oxygen atoms in total. The molecule has 14 heavy (non-hydrogen) atoms. The smallest absolute Gasteiger partial charge is 0.332 e. The van der Waals surface area contributed by atoms with Gasteiger partial charge in [-0.3, -0.25) is 4.79 Å². The van der Waals surface area contributed by atoms with Crippen molar-refractivity contribution in [2.24, 2.45) is 5.92 Å². The molecule has 0 saturated heterocycles. The summed E-state index contributed by atoms with van der Waals surface area (Å²) in [5.74, 6) is -1.12. The number of hydrogen-bond acceptors (Lipinski definition) is 3. The molecule has 0 rings (SSSR count). The van der Waals surface area contributed by atoms with Crippen LogP contribution in [0.25, 0.3) is 0 Å². The molecule has 0 aromatic rings. The fourth-order valence-electron chi connectivity index (χ4n) is 0.685. The molecule has 0 fully saturated rings. The van der Waals surface area contributed by atoms with Gasteiger partial charge in [-0.1, -0.05) is 13.8 Å². The zero-order valence-electron chi connectivity index (χ0n) is 8.74. The highest BCUT2D eigenvalue weighted by Gasteiger charge is 2.10. The normalized spacial score (nSPS) is 12.6. The molecule has 0 saturated carbocycles. The first-order valence-corrected chi connectivity index (χ1v) is 4.57. The number of aliphatic carboxylic acids is 1. The van der Waals surface area contributed by atoms with Crippen molar-refractivity contribution in [2.45, 2.75) is 26.9 Å². The maximum Gasteiger partial charge on any atom is 0.332 e. The monoisotopic (exact) mass is 203 g/mol. The van der Waals surface area contributed by atoms with Gasteiger partial charge in [0, 0.05) is 12.5 Å². The van der Waals surface area contributed by atoms with Gasteiger partial charge in [0.2, 0.25) is 5.91 Å². The molecule has 0 bridgehead atoms. The van der Waals surface area contributed by atoms with Crippen LogP contribution in [0.1, 0.15) is 20.8 Å². The molecule has 82 valence electrons. The van der Waals surface area contributed by atoms with Gasteiger partial charge in [0.1, 0.15) is 0 Å². The highest BCUT2D eigenvalue weighted by atomic mass is 16.5. The van der Waals surface area contributed by atoms with Gasteiger partial charge in [-0.05, 0) is 6.92 Å². The Morgan fingerprint density at radius 3 is 2.36 bits per heavy atom. The van der Waals surface area contributed by atoms with Gasteiger partial charge in [-0.25, -0.2) is 4.79 Å². The van der Waals surface area contributed by atoms with E-state index in [0.29, 0.717) is 6.54 Å². The van der Waals surface area contributed by atoms with E-state index in [1.54, 1.807) is 13.8 Å². The van der Waals surface area contributed by atoms with E-state index in [1.807, 2.05) is 0 Å². The van der Waals surface area contributed by atoms with Crippen molar-refractivity contribution in [1.29, 1.82) is 0 Å². The van der Waals surface area contributed by atoms with E-state index >= 15 is 0 Å². The predicted octanol–water partition coefficient (Wildman–Crippen LogP) is 0.248. The van der Waals surface area contributed by atoms with Crippen LogP contribution in [0.15, 0.2) is 0 Å². The van der Waals surface area contributed by atoms with Crippen molar-refractivity contribution >= 4 is 11.9 Å². The highest BCUT2D eigenvalue weighted by molar-refractivity contribution is 5.77. The molecule has 0 spiro atoms. The summed E-state index contributed by atoms with van der Waals surface area (Å²) >= 11 is 0. The van der Waals surface area contributed by atoms with E-state index in [4.69, 9.17) is 9.84 Å². The van der Waals surface area contributed by atoms with Crippen molar-refractivity contribution in [1.82, 2.24) is 5.32 Å². The second kappa shape index (κ2) is 6.37. The van der Waals surface area contributed by atoms with E-state index in [0.717, 1.165) is 0 Å². The molecule has 0 aliphatic heterocycles. The predicted molar refractivity (Wildman–Crippen MR) is 50.9 cm³/mol. The number of nitrogens with one attached hydrogen (secondary N) is 1. The number of ether oxygens (including phenoxy) is 1. The summed E-state index contributed by atoms with van der Waals surface area (Å²) in [6.07, 6.45) is -0.828. The van der Waals surface area contributed by atoms with Crippen LogP contribution < -0.4 is 5.32 Å². The Kier molecular flexibility index (Phi) is 5.87. The fraction of sp³-hybridized carbons (Fsp3) is 0.778. The molecule has 0 aliphatic rings. The minimum atomic E-state index is -1.000. The van der Waals surface area contributed by atoms with Crippen molar-refractivity contribution in [3.8, 4) is 0 Å².